The molecule has 15 nitrogen and oxygen atoms in total. The zero-order chi connectivity index (χ0) is 34.0. The number of aliphatic carboxylic acids is 1. The molecule has 0 aliphatic carbocycles. The topological polar surface area (TPSA) is 230 Å². The number of unbranched alkanes of at least 4 members (excludes halogenated alkanes) is 1. The van der Waals surface area contributed by atoms with Gasteiger partial charge in [-0.05, 0) is 39.5 Å². The smallest absolute Gasteiger partial charge is 0.326 e. The number of ether oxygens (including phenoxy) is 4. The number of aliphatic hydroxyl groups is 1. The van der Waals surface area contributed by atoms with Crippen LogP contribution in [0, 0.1) is 11.8 Å². The first-order chi connectivity index (χ1) is 21.4. The van der Waals surface area contributed by atoms with Crippen molar-refractivity contribution in [1.29, 1.82) is 0 Å². The molecule has 260 valence electrons. The molecule has 0 heterocycles. The number of carboxylic acids is 1. The second kappa shape index (κ2) is 26.3. The number of hydrogen-bond donors (Lipinski definition) is 5. The average molecular weight is 648 g/mol. The standard InChI is InChI=1S/C30H53N3O12/c1-4-42-14-16-44-19-23(35)9-7-13-43-15-17-45-20-28(38)33-25(30(40)41)10-11-27(37)32-12-6-5-8-21(2)26(36)18-24(22(3)34)29(31)39/h21-22,24-25,34H,4-20H2,1-3H3,(H2,31,39)(H,32,37)(H,33,38)(H,40,41)/t21-,22+,24-,25-/m0/s1. The van der Waals surface area contributed by atoms with Crippen LogP contribution in [-0.2, 0) is 47.7 Å². The van der Waals surface area contributed by atoms with E-state index in [9.17, 15) is 39.0 Å². The van der Waals surface area contributed by atoms with Crippen molar-refractivity contribution < 1.29 is 57.9 Å². The second-order valence-electron chi connectivity index (χ2n) is 10.7. The quantitative estimate of drug-likeness (QED) is 0.0656. The van der Waals surface area contributed by atoms with E-state index in [1.807, 2.05) is 6.92 Å². The SMILES string of the molecule is CCOCCOCC(=O)CCCOCCOCC(=O)N[C@@H](CCC(=O)NCCCC[C@H](C)C(=O)C[C@H](C(N)=O)[C@@H](C)O)C(=O)O. The molecule has 0 saturated heterocycles. The van der Waals surface area contributed by atoms with Crippen LogP contribution in [0.15, 0.2) is 0 Å². The number of carbonyl (C=O) groups is 6. The van der Waals surface area contributed by atoms with Crippen molar-refractivity contribution in [3.05, 3.63) is 0 Å². The Labute approximate surface area is 265 Å². The number of primary amides is 1. The zero-order valence-corrected chi connectivity index (χ0v) is 26.9. The summed E-state index contributed by atoms with van der Waals surface area (Å²) in [5.74, 6) is -4.46. The molecule has 0 rings (SSSR count). The Morgan fingerprint density at radius 3 is 2.04 bits per heavy atom. The van der Waals surface area contributed by atoms with Gasteiger partial charge in [0.05, 0.1) is 38.4 Å². The largest absolute Gasteiger partial charge is 0.480 e. The molecule has 15 heteroatoms. The number of carbonyl (C=O) groups excluding carboxylic acids is 5. The van der Waals surface area contributed by atoms with Gasteiger partial charge in [0.1, 0.15) is 25.0 Å². The molecule has 0 aromatic carbocycles. The molecule has 0 saturated carbocycles. The van der Waals surface area contributed by atoms with Gasteiger partial charge in [0.15, 0.2) is 5.78 Å². The number of rotatable bonds is 30. The summed E-state index contributed by atoms with van der Waals surface area (Å²) in [5, 5.41) is 24.0. The summed E-state index contributed by atoms with van der Waals surface area (Å²) in [4.78, 5) is 71.1. The molecule has 0 aliphatic heterocycles. The van der Waals surface area contributed by atoms with Gasteiger partial charge in [0.2, 0.25) is 17.7 Å². The Morgan fingerprint density at radius 2 is 1.42 bits per heavy atom. The van der Waals surface area contributed by atoms with Gasteiger partial charge in [-0.1, -0.05) is 13.3 Å². The van der Waals surface area contributed by atoms with E-state index in [0.717, 1.165) is 0 Å². The molecule has 3 amide bonds. The lowest BCUT2D eigenvalue weighted by atomic mass is 9.89. The molecule has 0 unspecified atom stereocenters. The Hall–Kier alpha value is -2.98. The zero-order valence-electron chi connectivity index (χ0n) is 26.9. The van der Waals surface area contributed by atoms with Gasteiger partial charge in [-0.25, -0.2) is 4.79 Å². The van der Waals surface area contributed by atoms with Crippen LogP contribution in [0.4, 0.5) is 0 Å². The number of Topliss-reactive ketones (excluding diaryl/α,β-unsaturated/α-hetero) is 2. The van der Waals surface area contributed by atoms with Crippen LogP contribution < -0.4 is 16.4 Å². The van der Waals surface area contributed by atoms with Crippen molar-refractivity contribution in [3.8, 4) is 0 Å². The highest BCUT2D eigenvalue weighted by molar-refractivity contribution is 5.87. The van der Waals surface area contributed by atoms with E-state index in [2.05, 4.69) is 10.6 Å². The van der Waals surface area contributed by atoms with Crippen molar-refractivity contribution in [1.82, 2.24) is 10.6 Å². The molecular formula is C30H53N3O12. The summed E-state index contributed by atoms with van der Waals surface area (Å²) in [7, 11) is 0. The fourth-order valence-corrected chi connectivity index (χ4v) is 4.02. The lowest BCUT2D eigenvalue weighted by molar-refractivity contribution is -0.143. The highest BCUT2D eigenvalue weighted by Gasteiger charge is 2.26. The highest BCUT2D eigenvalue weighted by Crippen LogP contribution is 2.17. The highest BCUT2D eigenvalue weighted by atomic mass is 16.5. The van der Waals surface area contributed by atoms with Crippen molar-refractivity contribution in [2.24, 2.45) is 17.6 Å². The number of nitrogens with two attached hydrogens (primary N) is 1. The monoisotopic (exact) mass is 647 g/mol. The molecule has 0 radical (unpaired) electrons. The van der Waals surface area contributed by atoms with Gasteiger partial charge in [-0.2, -0.15) is 0 Å². The van der Waals surface area contributed by atoms with Crippen molar-refractivity contribution >= 4 is 35.3 Å². The predicted molar refractivity (Wildman–Crippen MR) is 162 cm³/mol. The summed E-state index contributed by atoms with van der Waals surface area (Å²) < 4.78 is 20.9. The molecule has 0 aromatic rings. The number of hydrogen-bond acceptors (Lipinski definition) is 11. The maximum absolute atomic E-state index is 12.3. The van der Waals surface area contributed by atoms with E-state index < -0.39 is 35.8 Å². The van der Waals surface area contributed by atoms with Crippen molar-refractivity contribution in [2.75, 3.05) is 59.4 Å². The van der Waals surface area contributed by atoms with E-state index in [-0.39, 0.29) is 69.1 Å². The summed E-state index contributed by atoms with van der Waals surface area (Å²) in [6.07, 6.45) is 1.24. The Morgan fingerprint density at radius 1 is 0.778 bits per heavy atom. The summed E-state index contributed by atoms with van der Waals surface area (Å²) in [6.45, 7) is 7.07. The normalized spacial score (nSPS) is 13.8. The van der Waals surface area contributed by atoms with Gasteiger partial charge < -0.3 is 45.5 Å². The van der Waals surface area contributed by atoms with Crippen LogP contribution >= 0.6 is 0 Å². The van der Waals surface area contributed by atoms with Crippen LogP contribution in [0.2, 0.25) is 0 Å². The number of carboxylic acid groups (broad SMARTS) is 1. The fraction of sp³-hybridized carbons (Fsp3) is 0.800. The van der Waals surface area contributed by atoms with E-state index in [1.54, 1.807) is 6.92 Å². The van der Waals surface area contributed by atoms with Crippen LogP contribution in [-0.4, -0.2) is 117 Å². The fourth-order valence-electron chi connectivity index (χ4n) is 4.02. The van der Waals surface area contributed by atoms with E-state index >= 15 is 0 Å². The van der Waals surface area contributed by atoms with Gasteiger partial charge in [0, 0.05) is 44.9 Å². The lowest BCUT2D eigenvalue weighted by Crippen LogP contribution is -2.43. The molecule has 0 bridgehead atoms. The van der Waals surface area contributed by atoms with Crippen LogP contribution in [0.1, 0.15) is 72.1 Å². The summed E-state index contributed by atoms with van der Waals surface area (Å²) in [5.41, 5.74) is 5.24. The maximum atomic E-state index is 12.3. The Bertz CT molecular complexity index is 899. The predicted octanol–water partition coefficient (Wildman–Crippen LogP) is 0.136. The van der Waals surface area contributed by atoms with Gasteiger partial charge in [-0.3, -0.25) is 24.0 Å². The van der Waals surface area contributed by atoms with E-state index in [1.165, 1.54) is 6.92 Å². The molecule has 0 fully saturated rings. The van der Waals surface area contributed by atoms with Crippen LogP contribution in [0.3, 0.4) is 0 Å². The third-order valence-electron chi connectivity index (χ3n) is 6.79. The van der Waals surface area contributed by atoms with Crippen LogP contribution in [0.25, 0.3) is 0 Å². The van der Waals surface area contributed by atoms with Crippen LogP contribution in [0.5, 0.6) is 0 Å². The third kappa shape index (κ3) is 23.1. The minimum Gasteiger partial charge on any atom is -0.480 e. The number of amides is 3. The third-order valence-corrected chi connectivity index (χ3v) is 6.79. The first-order valence-electron chi connectivity index (χ1n) is 15.5. The molecule has 45 heavy (non-hydrogen) atoms. The van der Waals surface area contributed by atoms with E-state index in [0.29, 0.717) is 65.1 Å². The minimum atomic E-state index is -1.28. The lowest BCUT2D eigenvalue weighted by Gasteiger charge is -2.18. The molecular weight excluding hydrogens is 594 g/mol. The van der Waals surface area contributed by atoms with Crippen molar-refractivity contribution in [3.63, 3.8) is 0 Å². The molecule has 4 atom stereocenters. The second-order valence-corrected chi connectivity index (χ2v) is 10.7. The first kappa shape index (κ1) is 42.0. The Kier molecular flexibility index (Phi) is 24.5. The summed E-state index contributed by atoms with van der Waals surface area (Å²) in [6, 6.07) is -1.26. The number of ketones is 2. The minimum absolute atomic E-state index is 0.0307. The molecule has 0 aromatic heterocycles. The van der Waals surface area contributed by atoms with Gasteiger partial charge in [-0.15, -0.1) is 0 Å². The number of aliphatic hydroxyl groups excluding tert-OH is 1. The summed E-state index contributed by atoms with van der Waals surface area (Å²) >= 11 is 0. The number of nitrogens with one attached hydrogen (secondary N) is 2. The maximum Gasteiger partial charge on any atom is 0.326 e. The molecule has 0 aliphatic rings. The Balaban J connectivity index is 4.01. The van der Waals surface area contributed by atoms with Gasteiger partial charge >= 0.3 is 5.97 Å². The molecule has 6 N–H and O–H groups in total. The van der Waals surface area contributed by atoms with Gasteiger partial charge in [0.25, 0.3) is 0 Å². The average Bonchev–Trinajstić information content (AvgIpc) is 2.98. The first-order valence-corrected chi connectivity index (χ1v) is 15.5. The van der Waals surface area contributed by atoms with Crippen molar-refractivity contribution in [2.45, 2.75) is 84.3 Å². The van der Waals surface area contributed by atoms with E-state index in [4.69, 9.17) is 24.7 Å². The molecule has 0 spiro atoms.